The zero-order valence-electron chi connectivity index (χ0n) is 14.3. The minimum Gasteiger partial charge on any atom is -0.451 e. The Labute approximate surface area is 141 Å². The second kappa shape index (κ2) is 5.36. The van der Waals surface area contributed by atoms with E-state index in [0.717, 1.165) is 34.9 Å². The van der Waals surface area contributed by atoms with E-state index in [4.69, 9.17) is 4.42 Å². The van der Waals surface area contributed by atoms with Gasteiger partial charge in [-0.25, -0.2) is 0 Å². The van der Waals surface area contributed by atoms with Gasteiger partial charge in [-0.05, 0) is 38.3 Å². The molecule has 3 heterocycles. The van der Waals surface area contributed by atoms with E-state index in [-0.39, 0.29) is 23.9 Å². The summed E-state index contributed by atoms with van der Waals surface area (Å²) in [6.07, 6.45) is 2.26. The number of hydrogen-bond acceptors (Lipinski definition) is 3. The van der Waals surface area contributed by atoms with Gasteiger partial charge in [-0.1, -0.05) is 12.1 Å². The highest BCUT2D eigenvalue weighted by atomic mass is 16.3. The van der Waals surface area contributed by atoms with Gasteiger partial charge in [0.1, 0.15) is 5.58 Å². The van der Waals surface area contributed by atoms with Crippen LogP contribution in [0.4, 0.5) is 0 Å². The van der Waals surface area contributed by atoms with Crippen LogP contribution < -0.4 is 0 Å². The number of nitrogens with zero attached hydrogens (tertiary/aromatic N) is 2. The average Bonchev–Trinajstić information content (AvgIpc) is 3.04. The first-order valence-electron chi connectivity index (χ1n) is 8.52. The summed E-state index contributed by atoms with van der Waals surface area (Å²) >= 11 is 0. The number of hydrogen-bond donors (Lipinski definition) is 0. The van der Waals surface area contributed by atoms with Crippen LogP contribution in [0.25, 0.3) is 11.0 Å². The topological polar surface area (TPSA) is 53.8 Å². The van der Waals surface area contributed by atoms with Gasteiger partial charge in [-0.3, -0.25) is 9.59 Å². The van der Waals surface area contributed by atoms with Gasteiger partial charge in [0, 0.05) is 37.0 Å². The number of amides is 2. The minimum atomic E-state index is -0.0723. The van der Waals surface area contributed by atoms with E-state index in [1.165, 1.54) is 0 Å². The largest absolute Gasteiger partial charge is 0.451 e. The molecule has 2 amide bonds. The van der Waals surface area contributed by atoms with Gasteiger partial charge in [0.15, 0.2) is 5.76 Å². The number of rotatable bonds is 1. The van der Waals surface area contributed by atoms with Crippen LogP contribution in [0.3, 0.4) is 0 Å². The quantitative estimate of drug-likeness (QED) is 0.810. The van der Waals surface area contributed by atoms with Crippen molar-refractivity contribution in [2.24, 2.45) is 0 Å². The van der Waals surface area contributed by atoms with E-state index in [0.29, 0.717) is 18.7 Å². The summed E-state index contributed by atoms with van der Waals surface area (Å²) < 4.78 is 5.92. The Morgan fingerprint density at radius 3 is 2.75 bits per heavy atom. The van der Waals surface area contributed by atoms with Crippen molar-refractivity contribution in [1.82, 2.24) is 9.80 Å². The van der Waals surface area contributed by atoms with Crippen molar-refractivity contribution in [2.75, 3.05) is 13.6 Å². The molecule has 4 rings (SSSR count). The van der Waals surface area contributed by atoms with Gasteiger partial charge in [0.25, 0.3) is 5.91 Å². The fraction of sp³-hybridized carbons (Fsp3) is 0.474. The number of benzene rings is 1. The van der Waals surface area contributed by atoms with E-state index in [1.54, 1.807) is 4.90 Å². The smallest absolute Gasteiger partial charge is 0.290 e. The molecule has 24 heavy (non-hydrogen) atoms. The molecule has 2 atom stereocenters. The zero-order valence-corrected chi connectivity index (χ0v) is 14.3. The number of furan rings is 1. The summed E-state index contributed by atoms with van der Waals surface area (Å²) in [6.45, 7) is 4.56. The molecule has 126 valence electrons. The third-order valence-corrected chi connectivity index (χ3v) is 5.46. The molecule has 1 aromatic heterocycles. The molecule has 0 unspecified atom stereocenters. The first kappa shape index (κ1) is 15.2. The van der Waals surface area contributed by atoms with E-state index >= 15 is 0 Å². The molecular formula is C19H22N2O3. The van der Waals surface area contributed by atoms with Crippen molar-refractivity contribution in [2.45, 2.75) is 45.2 Å². The highest BCUT2D eigenvalue weighted by molar-refractivity contribution is 5.99. The highest BCUT2D eigenvalue weighted by Gasteiger charge is 2.43. The lowest BCUT2D eigenvalue weighted by molar-refractivity contribution is -0.130. The highest BCUT2D eigenvalue weighted by Crippen LogP contribution is 2.34. The molecule has 2 aliphatic rings. The maximum atomic E-state index is 13.2. The Kier molecular flexibility index (Phi) is 3.41. The zero-order chi connectivity index (χ0) is 17.0. The normalized spacial score (nSPS) is 23.9. The second-order valence-electron chi connectivity index (χ2n) is 7.13. The van der Waals surface area contributed by atoms with Crippen LogP contribution in [0.1, 0.15) is 40.9 Å². The molecule has 2 aliphatic heterocycles. The number of likely N-dealkylation sites (N-methyl/N-ethyl adjacent to an activating group) is 1. The van der Waals surface area contributed by atoms with Crippen molar-refractivity contribution in [1.29, 1.82) is 0 Å². The molecule has 2 fully saturated rings. The van der Waals surface area contributed by atoms with Crippen LogP contribution in [0.15, 0.2) is 22.6 Å². The molecule has 0 saturated carbocycles. The third-order valence-electron chi connectivity index (χ3n) is 5.46. The van der Waals surface area contributed by atoms with Crippen molar-refractivity contribution in [3.05, 3.63) is 35.1 Å². The maximum absolute atomic E-state index is 13.2. The lowest BCUT2D eigenvalue weighted by atomic mass is 10.1. The van der Waals surface area contributed by atoms with Crippen LogP contribution in [0.2, 0.25) is 0 Å². The second-order valence-corrected chi connectivity index (χ2v) is 7.13. The van der Waals surface area contributed by atoms with Crippen LogP contribution in [0, 0.1) is 13.8 Å². The SMILES string of the molecule is Cc1ccc2c(C)c(C(=O)N3[C@@H]4CC[C@H]3CN(C)C(=O)C4)oc2c1. The van der Waals surface area contributed by atoms with Crippen molar-refractivity contribution in [3.63, 3.8) is 0 Å². The Morgan fingerprint density at radius 2 is 1.96 bits per heavy atom. The summed E-state index contributed by atoms with van der Waals surface area (Å²) in [5, 5.41) is 0.985. The molecule has 0 spiro atoms. The fourth-order valence-electron chi connectivity index (χ4n) is 4.10. The van der Waals surface area contributed by atoms with E-state index < -0.39 is 0 Å². The molecule has 2 aromatic rings. The summed E-state index contributed by atoms with van der Waals surface area (Å²) in [5.74, 6) is 0.471. The van der Waals surface area contributed by atoms with Gasteiger partial charge in [0.2, 0.25) is 5.91 Å². The average molecular weight is 326 g/mol. The molecule has 5 heteroatoms. The molecule has 1 aromatic carbocycles. The molecule has 2 bridgehead atoms. The lowest BCUT2D eigenvalue weighted by Crippen LogP contribution is -2.42. The standard InChI is InChI=1S/C19H22N2O3/c1-11-4-7-15-12(2)18(24-16(15)8-11)19(23)21-13-5-6-14(21)10-20(3)17(22)9-13/h4,7-8,13-14H,5-6,9-10H2,1-3H3/t13-,14+/m1/s1. The van der Waals surface area contributed by atoms with E-state index in [2.05, 4.69) is 0 Å². The van der Waals surface area contributed by atoms with Crippen molar-refractivity contribution in [3.8, 4) is 0 Å². The van der Waals surface area contributed by atoms with Crippen LogP contribution in [-0.2, 0) is 4.79 Å². The van der Waals surface area contributed by atoms with E-state index in [1.807, 2.05) is 44.0 Å². The molecule has 0 radical (unpaired) electrons. The van der Waals surface area contributed by atoms with Gasteiger partial charge in [-0.2, -0.15) is 0 Å². The van der Waals surface area contributed by atoms with Gasteiger partial charge in [0.05, 0.1) is 6.04 Å². The number of carbonyl (C=O) groups is 2. The van der Waals surface area contributed by atoms with Gasteiger partial charge < -0.3 is 14.2 Å². The number of fused-ring (bicyclic) bond motifs is 3. The number of aryl methyl sites for hydroxylation is 2. The fourth-order valence-corrected chi connectivity index (χ4v) is 4.10. The van der Waals surface area contributed by atoms with Crippen LogP contribution >= 0.6 is 0 Å². The lowest BCUT2D eigenvalue weighted by Gasteiger charge is -2.27. The Morgan fingerprint density at radius 1 is 1.21 bits per heavy atom. The summed E-state index contributed by atoms with van der Waals surface area (Å²) in [5.41, 5.74) is 2.75. The minimum absolute atomic E-state index is 0.00528. The predicted molar refractivity (Wildman–Crippen MR) is 90.9 cm³/mol. The maximum Gasteiger partial charge on any atom is 0.290 e. The van der Waals surface area contributed by atoms with E-state index in [9.17, 15) is 9.59 Å². The molecule has 0 N–H and O–H groups in total. The van der Waals surface area contributed by atoms with Gasteiger partial charge >= 0.3 is 0 Å². The summed E-state index contributed by atoms with van der Waals surface area (Å²) in [7, 11) is 1.82. The Bertz CT molecular complexity index is 838. The first-order valence-corrected chi connectivity index (χ1v) is 8.52. The summed E-state index contributed by atoms with van der Waals surface area (Å²) in [6, 6.07) is 6.09. The molecular weight excluding hydrogens is 304 g/mol. The number of carbonyl (C=O) groups excluding carboxylic acids is 2. The molecule has 0 aliphatic carbocycles. The molecule has 5 nitrogen and oxygen atoms in total. The van der Waals surface area contributed by atoms with Gasteiger partial charge in [-0.15, -0.1) is 0 Å². The Hall–Kier alpha value is -2.30. The first-order chi connectivity index (χ1) is 11.5. The van der Waals surface area contributed by atoms with Crippen molar-refractivity contribution < 1.29 is 14.0 Å². The van der Waals surface area contributed by atoms with Crippen molar-refractivity contribution >= 4 is 22.8 Å². The predicted octanol–water partition coefficient (Wildman–Crippen LogP) is 2.88. The number of likely N-dealkylation sites (tertiary alicyclic amines) is 1. The summed E-state index contributed by atoms with van der Waals surface area (Å²) in [4.78, 5) is 29.0. The van der Waals surface area contributed by atoms with Crippen LogP contribution in [0.5, 0.6) is 0 Å². The Balaban J connectivity index is 1.73. The third kappa shape index (κ3) is 2.22. The monoisotopic (exact) mass is 326 g/mol. The molecule has 2 saturated heterocycles. The van der Waals surface area contributed by atoms with Crippen LogP contribution in [-0.4, -0.2) is 47.3 Å².